The number of methoxy groups -OCH3 is 1. The third-order valence-electron chi connectivity index (χ3n) is 4.39. The summed E-state index contributed by atoms with van der Waals surface area (Å²) in [5, 5.41) is 9.76. The first-order valence-corrected chi connectivity index (χ1v) is 8.22. The molecule has 0 aliphatic carbocycles. The molecule has 2 aromatic carbocycles. The second kappa shape index (κ2) is 8.62. The van der Waals surface area contributed by atoms with Crippen LogP contribution >= 0.6 is 0 Å². The zero-order chi connectivity index (χ0) is 18.4. The van der Waals surface area contributed by atoms with Crippen LogP contribution in [0, 0.1) is 11.7 Å². The first-order valence-electron chi connectivity index (χ1n) is 8.22. The number of aliphatic hydroxyl groups is 1. The minimum absolute atomic E-state index is 0.141. The van der Waals surface area contributed by atoms with E-state index in [0.29, 0.717) is 17.7 Å². The van der Waals surface area contributed by atoms with E-state index in [1.165, 1.54) is 11.0 Å². The number of amides is 1. The van der Waals surface area contributed by atoms with Crippen molar-refractivity contribution in [1.82, 2.24) is 4.90 Å². The lowest BCUT2D eigenvalue weighted by Crippen LogP contribution is -2.37. The molecular formula is C20H24FNO3. The van der Waals surface area contributed by atoms with E-state index in [-0.39, 0.29) is 18.3 Å². The number of halogens is 1. The van der Waals surface area contributed by atoms with E-state index in [4.69, 9.17) is 4.74 Å². The van der Waals surface area contributed by atoms with E-state index in [1.807, 2.05) is 12.1 Å². The van der Waals surface area contributed by atoms with Crippen LogP contribution in [0.15, 0.2) is 48.5 Å². The standard InChI is InChI=1S/C20H24FNO3/c1-14(12-16-6-4-5-7-18(16)21)20(24)22(2)19(13-23)15-8-10-17(25-3)11-9-15/h4-11,14,19,23H,12-13H2,1-3H3. The normalized spacial score (nSPS) is 13.2. The molecule has 0 saturated carbocycles. The maximum Gasteiger partial charge on any atom is 0.226 e. The third-order valence-corrected chi connectivity index (χ3v) is 4.39. The maximum atomic E-state index is 13.8. The fraction of sp³-hybridized carbons (Fsp3) is 0.350. The summed E-state index contributed by atoms with van der Waals surface area (Å²) >= 11 is 0. The Morgan fingerprint density at radius 1 is 1.20 bits per heavy atom. The van der Waals surface area contributed by atoms with Crippen molar-refractivity contribution in [3.63, 3.8) is 0 Å². The quantitative estimate of drug-likeness (QED) is 0.838. The predicted molar refractivity (Wildman–Crippen MR) is 94.9 cm³/mol. The smallest absolute Gasteiger partial charge is 0.226 e. The van der Waals surface area contributed by atoms with Gasteiger partial charge in [0.2, 0.25) is 5.91 Å². The molecule has 2 atom stereocenters. The van der Waals surface area contributed by atoms with Crippen molar-refractivity contribution in [3.05, 3.63) is 65.5 Å². The lowest BCUT2D eigenvalue weighted by atomic mass is 9.98. The number of aliphatic hydroxyl groups excluding tert-OH is 1. The van der Waals surface area contributed by atoms with E-state index in [2.05, 4.69) is 0 Å². The van der Waals surface area contributed by atoms with Gasteiger partial charge in [0.1, 0.15) is 11.6 Å². The minimum Gasteiger partial charge on any atom is -0.497 e. The molecule has 0 bridgehead atoms. The van der Waals surface area contributed by atoms with Gasteiger partial charge in [0.05, 0.1) is 19.8 Å². The predicted octanol–water partition coefficient (Wildman–Crippen LogP) is 3.20. The highest BCUT2D eigenvalue weighted by molar-refractivity contribution is 5.79. The lowest BCUT2D eigenvalue weighted by Gasteiger charge is -2.29. The number of hydrogen-bond acceptors (Lipinski definition) is 3. The summed E-state index contributed by atoms with van der Waals surface area (Å²) < 4.78 is 18.9. The summed E-state index contributed by atoms with van der Waals surface area (Å²) in [7, 11) is 3.24. The molecule has 5 heteroatoms. The van der Waals surface area contributed by atoms with Crippen LogP contribution in [-0.2, 0) is 11.2 Å². The first-order chi connectivity index (χ1) is 12.0. The van der Waals surface area contributed by atoms with Crippen LogP contribution in [0.4, 0.5) is 4.39 Å². The summed E-state index contributed by atoms with van der Waals surface area (Å²) in [6, 6.07) is 13.2. The van der Waals surface area contributed by atoms with Crippen LogP contribution in [0.2, 0.25) is 0 Å². The molecule has 25 heavy (non-hydrogen) atoms. The highest BCUT2D eigenvalue weighted by Gasteiger charge is 2.25. The molecule has 0 aromatic heterocycles. The molecule has 0 heterocycles. The summed E-state index contributed by atoms with van der Waals surface area (Å²) in [5.41, 5.74) is 1.33. The Morgan fingerprint density at radius 3 is 2.40 bits per heavy atom. The molecule has 1 amide bonds. The van der Waals surface area contributed by atoms with E-state index >= 15 is 0 Å². The van der Waals surface area contributed by atoms with Gasteiger partial charge in [-0.25, -0.2) is 4.39 Å². The number of hydrogen-bond donors (Lipinski definition) is 1. The average molecular weight is 345 g/mol. The SMILES string of the molecule is COc1ccc(C(CO)N(C)C(=O)C(C)Cc2ccccc2F)cc1. The molecule has 134 valence electrons. The fourth-order valence-corrected chi connectivity index (χ4v) is 2.86. The van der Waals surface area contributed by atoms with Crippen LogP contribution in [0.1, 0.15) is 24.1 Å². The van der Waals surface area contributed by atoms with Gasteiger partial charge in [-0.1, -0.05) is 37.3 Å². The summed E-state index contributed by atoms with van der Waals surface area (Å²) in [6.07, 6.45) is 0.316. The number of carbonyl (C=O) groups excluding carboxylic acids is 1. The number of benzene rings is 2. The molecule has 2 aromatic rings. The number of carbonyl (C=O) groups is 1. The largest absolute Gasteiger partial charge is 0.497 e. The Balaban J connectivity index is 2.11. The van der Waals surface area contributed by atoms with Gasteiger partial charge in [0, 0.05) is 13.0 Å². The number of likely N-dealkylation sites (N-methyl/N-ethyl adjacent to an activating group) is 1. The Bertz CT molecular complexity index is 702. The van der Waals surface area contributed by atoms with E-state index < -0.39 is 12.0 Å². The summed E-state index contributed by atoms with van der Waals surface area (Å²) in [6.45, 7) is 1.58. The lowest BCUT2D eigenvalue weighted by molar-refractivity contribution is -0.136. The van der Waals surface area contributed by atoms with Gasteiger partial charge in [-0.3, -0.25) is 4.79 Å². The molecule has 0 radical (unpaired) electrons. The Hall–Kier alpha value is -2.40. The van der Waals surface area contributed by atoms with Gasteiger partial charge in [-0.2, -0.15) is 0 Å². The van der Waals surface area contributed by atoms with Crippen LogP contribution in [-0.4, -0.2) is 36.7 Å². The molecule has 1 N–H and O–H groups in total. The summed E-state index contributed by atoms with van der Waals surface area (Å²) in [5.74, 6) is -0.131. The van der Waals surface area contributed by atoms with Gasteiger partial charge in [0.15, 0.2) is 0 Å². The highest BCUT2D eigenvalue weighted by Crippen LogP contribution is 2.24. The Kier molecular flexibility index (Phi) is 6.53. The van der Waals surface area contributed by atoms with Crippen molar-refractivity contribution in [2.75, 3.05) is 20.8 Å². The van der Waals surface area contributed by atoms with Crippen LogP contribution in [0.5, 0.6) is 5.75 Å². The van der Waals surface area contributed by atoms with Gasteiger partial charge in [-0.05, 0) is 35.7 Å². The van der Waals surface area contributed by atoms with Crippen molar-refractivity contribution in [2.24, 2.45) is 5.92 Å². The summed E-state index contributed by atoms with van der Waals surface area (Å²) in [4.78, 5) is 14.2. The van der Waals surface area contributed by atoms with Crippen LogP contribution in [0.25, 0.3) is 0 Å². The van der Waals surface area contributed by atoms with Gasteiger partial charge >= 0.3 is 0 Å². The zero-order valence-electron chi connectivity index (χ0n) is 14.8. The molecule has 0 spiro atoms. The molecule has 0 aliphatic heterocycles. The second-order valence-electron chi connectivity index (χ2n) is 6.12. The van der Waals surface area contributed by atoms with Crippen LogP contribution < -0.4 is 4.74 Å². The molecular weight excluding hydrogens is 321 g/mol. The molecule has 2 rings (SSSR count). The third kappa shape index (κ3) is 4.57. The fourth-order valence-electron chi connectivity index (χ4n) is 2.86. The molecule has 0 fully saturated rings. The van der Waals surface area contributed by atoms with Crippen molar-refractivity contribution >= 4 is 5.91 Å². The molecule has 4 nitrogen and oxygen atoms in total. The number of ether oxygens (including phenoxy) is 1. The van der Waals surface area contributed by atoms with Gasteiger partial charge in [-0.15, -0.1) is 0 Å². The average Bonchev–Trinajstić information content (AvgIpc) is 2.64. The first kappa shape index (κ1) is 18.9. The maximum absolute atomic E-state index is 13.8. The monoisotopic (exact) mass is 345 g/mol. The number of rotatable bonds is 7. The van der Waals surface area contributed by atoms with E-state index in [1.54, 1.807) is 51.4 Å². The second-order valence-corrected chi connectivity index (χ2v) is 6.12. The van der Waals surface area contributed by atoms with Gasteiger partial charge < -0.3 is 14.7 Å². The van der Waals surface area contributed by atoms with Crippen LogP contribution in [0.3, 0.4) is 0 Å². The Labute approximate surface area is 147 Å². The zero-order valence-corrected chi connectivity index (χ0v) is 14.8. The van der Waals surface area contributed by atoms with Crippen molar-refractivity contribution < 1.29 is 19.0 Å². The van der Waals surface area contributed by atoms with Crippen molar-refractivity contribution in [3.8, 4) is 5.75 Å². The highest BCUT2D eigenvalue weighted by atomic mass is 19.1. The molecule has 0 aliphatic rings. The minimum atomic E-state index is -0.457. The van der Waals surface area contributed by atoms with Crippen molar-refractivity contribution in [2.45, 2.75) is 19.4 Å². The Morgan fingerprint density at radius 2 is 1.84 bits per heavy atom. The molecule has 0 saturated heterocycles. The van der Waals surface area contributed by atoms with Gasteiger partial charge in [0.25, 0.3) is 0 Å². The topological polar surface area (TPSA) is 49.8 Å². The van der Waals surface area contributed by atoms with E-state index in [9.17, 15) is 14.3 Å². The number of nitrogens with zero attached hydrogens (tertiary/aromatic N) is 1. The van der Waals surface area contributed by atoms with Crippen molar-refractivity contribution in [1.29, 1.82) is 0 Å². The van der Waals surface area contributed by atoms with E-state index in [0.717, 1.165) is 5.56 Å². The molecule has 2 unspecified atom stereocenters.